The molecule has 0 aliphatic rings. The van der Waals surface area contributed by atoms with Gasteiger partial charge in [-0.3, -0.25) is 4.31 Å². The van der Waals surface area contributed by atoms with Gasteiger partial charge in [0.05, 0.1) is 16.8 Å². The normalized spacial score (nSPS) is 10.4. The lowest BCUT2D eigenvalue weighted by atomic mass is 10.2. The van der Waals surface area contributed by atoms with Gasteiger partial charge in [0, 0.05) is 7.05 Å². The number of sulfonamides is 1. The number of benzene rings is 2. The Bertz CT molecular complexity index is 861. The fraction of sp³-hybridized carbons (Fsp3) is 0.0667. The van der Waals surface area contributed by atoms with Crippen molar-refractivity contribution >= 4 is 15.7 Å². The van der Waals surface area contributed by atoms with Gasteiger partial charge in [-0.1, -0.05) is 24.3 Å². The Balaban J connectivity index is 2.60. The van der Waals surface area contributed by atoms with E-state index in [1.54, 1.807) is 30.3 Å². The summed E-state index contributed by atoms with van der Waals surface area (Å²) in [5.41, 5.74) is 0.588. The minimum Gasteiger partial charge on any atom is -0.268 e. The van der Waals surface area contributed by atoms with Crippen LogP contribution in [0.2, 0.25) is 0 Å². The molecule has 2 rings (SSSR count). The zero-order valence-corrected chi connectivity index (χ0v) is 12.0. The number of hydrogen-bond donors (Lipinski definition) is 0. The molecule has 0 fully saturated rings. The largest absolute Gasteiger partial charge is 0.268 e. The summed E-state index contributed by atoms with van der Waals surface area (Å²) in [7, 11) is -2.55. The highest BCUT2D eigenvalue weighted by molar-refractivity contribution is 7.92. The number of hydrogen-bond acceptors (Lipinski definition) is 4. The van der Waals surface area contributed by atoms with Crippen molar-refractivity contribution in [2.75, 3.05) is 11.4 Å². The number of rotatable bonds is 3. The highest BCUT2D eigenvalue weighted by Crippen LogP contribution is 2.26. The fourth-order valence-electron chi connectivity index (χ4n) is 1.90. The van der Waals surface area contributed by atoms with Crippen molar-refractivity contribution in [3.63, 3.8) is 0 Å². The molecule has 0 N–H and O–H groups in total. The van der Waals surface area contributed by atoms with Gasteiger partial charge in [0.15, 0.2) is 0 Å². The van der Waals surface area contributed by atoms with Crippen LogP contribution in [0.5, 0.6) is 0 Å². The molecule has 0 heterocycles. The summed E-state index contributed by atoms with van der Waals surface area (Å²) in [5, 5.41) is 18.1. The summed E-state index contributed by atoms with van der Waals surface area (Å²) in [6.45, 7) is 0. The van der Waals surface area contributed by atoms with Gasteiger partial charge in [-0.2, -0.15) is 10.5 Å². The van der Waals surface area contributed by atoms with Gasteiger partial charge in [0.25, 0.3) is 10.0 Å². The SMILES string of the molecule is CN(c1ccccc1C#N)S(=O)(=O)c1ccccc1C#N. The maximum absolute atomic E-state index is 12.6. The summed E-state index contributed by atoms with van der Waals surface area (Å²) >= 11 is 0. The van der Waals surface area contributed by atoms with Crippen molar-refractivity contribution < 1.29 is 8.42 Å². The Morgan fingerprint density at radius 3 is 2.05 bits per heavy atom. The van der Waals surface area contributed by atoms with Gasteiger partial charge in [-0.05, 0) is 24.3 Å². The fourth-order valence-corrected chi connectivity index (χ4v) is 3.26. The molecule has 0 spiro atoms. The molecule has 5 nitrogen and oxygen atoms in total. The van der Waals surface area contributed by atoms with Crippen molar-refractivity contribution in [3.8, 4) is 12.1 Å². The molecule has 0 aliphatic carbocycles. The smallest absolute Gasteiger partial charge is 0.265 e. The van der Waals surface area contributed by atoms with E-state index in [2.05, 4.69) is 0 Å². The minimum atomic E-state index is -3.91. The maximum atomic E-state index is 12.6. The molecule has 0 saturated carbocycles. The van der Waals surface area contributed by atoms with Crippen LogP contribution in [0.15, 0.2) is 53.4 Å². The van der Waals surface area contributed by atoms with Crippen molar-refractivity contribution in [2.45, 2.75) is 4.90 Å². The molecule has 0 aromatic heterocycles. The van der Waals surface area contributed by atoms with Crippen molar-refractivity contribution in [2.24, 2.45) is 0 Å². The zero-order valence-electron chi connectivity index (χ0n) is 11.2. The summed E-state index contributed by atoms with van der Waals surface area (Å²) in [4.78, 5) is -0.0808. The minimum absolute atomic E-state index is 0.0683. The van der Waals surface area contributed by atoms with E-state index < -0.39 is 10.0 Å². The lowest BCUT2D eigenvalue weighted by Gasteiger charge is -2.21. The highest BCUT2D eigenvalue weighted by Gasteiger charge is 2.25. The molecule has 21 heavy (non-hydrogen) atoms. The van der Waals surface area contributed by atoms with Crippen LogP contribution < -0.4 is 4.31 Å². The molecule has 0 bridgehead atoms. The Morgan fingerprint density at radius 1 is 0.905 bits per heavy atom. The number of nitrogens with zero attached hydrogens (tertiary/aromatic N) is 3. The Kier molecular flexibility index (Phi) is 3.93. The summed E-state index contributed by atoms with van der Waals surface area (Å²) in [6.07, 6.45) is 0. The quantitative estimate of drug-likeness (QED) is 0.869. The van der Waals surface area contributed by atoms with Gasteiger partial charge in [-0.15, -0.1) is 0 Å². The number of para-hydroxylation sites is 1. The van der Waals surface area contributed by atoms with Crippen molar-refractivity contribution in [1.82, 2.24) is 0 Å². The molecule has 2 aromatic rings. The second kappa shape index (κ2) is 5.66. The van der Waals surface area contributed by atoms with E-state index in [1.165, 1.54) is 25.2 Å². The average molecular weight is 297 g/mol. The van der Waals surface area contributed by atoms with Crippen LogP contribution >= 0.6 is 0 Å². The van der Waals surface area contributed by atoms with Crippen LogP contribution in [0.3, 0.4) is 0 Å². The molecular formula is C15H11N3O2S. The van der Waals surface area contributed by atoms with Crippen LogP contribution in [0.4, 0.5) is 5.69 Å². The lowest BCUT2D eigenvalue weighted by molar-refractivity contribution is 0.594. The van der Waals surface area contributed by atoms with Gasteiger partial charge in [-0.25, -0.2) is 8.42 Å². The predicted molar refractivity (Wildman–Crippen MR) is 77.9 cm³/mol. The maximum Gasteiger partial charge on any atom is 0.265 e. The van der Waals surface area contributed by atoms with Crippen LogP contribution in [0, 0.1) is 22.7 Å². The molecule has 0 amide bonds. The topological polar surface area (TPSA) is 85.0 Å². The molecular weight excluding hydrogens is 286 g/mol. The molecule has 2 aromatic carbocycles. The Hall–Kier alpha value is -2.83. The molecule has 0 atom stereocenters. The first-order chi connectivity index (χ1) is 10.0. The zero-order chi connectivity index (χ0) is 15.5. The summed E-state index contributed by atoms with van der Waals surface area (Å²) in [6, 6.07) is 16.2. The van der Waals surface area contributed by atoms with Crippen LogP contribution in [-0.2, 0) is 10.0 Å². The number of anilines is 1. The first-order valence-electron chi connectivity index (χ1n) is 5.99. The highest BCUT2D eigenvalue weighted by atomic mass is 32.2. The van der Waals surface area contributed by atoms with E-state index in [0.29, 0.717) is 0 Å². The van der Waals surface area contributed by atoms with Gasteiger partial charge < -0.3 is 0 Å². The van der Waals surface area contributed by atoms with E-state index >= 15 is 0 Å². The average Bonchev–Trinajstić information content (AvgIpc) is 2.53. The third-order valence-electron chi connectivity index (χ3n) is 3.01. The summed E-state index contributed by atoms with van der Waals surface area (Å²) < 4.78 is 26.3. The number of nitriles is 2. The van der Waals surface area contributed by atoms with E-state index in [-0.39, 0.29) is 21.7 Å². The molecule has 104 valence electrons. The van der Waals surface area contributed by atoms with E-state index in [9.17, 15) is 8.42 Å². The monoisotopic (exact) mass is 297 g/mol. The first-order valence-corrected chi connectivity index (χ1v) is 7.43. The predicted octanol–water partition coefficient (Wildman–Crippen LogP) is 2.26. The van der Waals surface area contributed by atoms with E-state index in [4.69, 9.17) is 10.5 Å². The van der Waals surface area contributed by atoms with Crippen LogP contribution in [0.1, 0.15) is 11.1 Å². The van der Waals surface area contributed by atoms with E-state index in [1.807, 2.05) is 12.1 Å². The van der Waals surface area contributed by atoms with Crippen molar-refractivity contribution in [1.29, 1.82) is 10.5 Å². The third kappa shape index (κ3) is 2.58. The standard InChI is InChI=1S/C15H11N3O2S/c1-18(14-8-4-2-6-12(14)10-16)21(19,20)15-9-5-3-7-13(15)11-17/h2-9H,1H3. The van der Waals surface area contributed by atoms with Gasteiger partial charge in [0.2, 0.25) is 0 Å². The van der Waals surface area contributed by atoms with Gasteiger partial charge in [0.1, 0.15) is 17.0 Å². The van der Waals surface area contributed by atoms with E-state index in [0.717, 1.165) is 4.31 Å². The summed E-state index contributed by atoms with van der Waals surface area (Å²) in [5.74, 6) is 0. The first kappa shape index (κ1) is 14.6. The molecule has 0 aliphatic heterocycles. The molecule has 0 radical (unpaired) electrons. The molecule has 0 unspecified atom stereocenters. The second-order valence-corrected chi connectivity index (χ2v) is 6.15. The Labute approximate surface area is 123 Å². The molecule has 6 heteroatoms. The lowest BCUT2D eigenvalue weighted by Crippen LogP contribution is -2.27. The van der Waals surface area contributed by atoms with Crippen LogP contribution in [-0.4, -0.2) is 15.5 Å². The van der Waals surface area contributed by atoms with Crippen LogP contribution in [0.25, 0.3) is 0 Å². The van der Waals surface area contributed by atoms with Crippen molar-refractivity contribution in [3.05, 3.63) is 59.7 Å². The molecule has 0 saturated heterocycles. The van der Waals surface area contributed by atoms with Gasteiger partial charge >= 0.3 is 0 Å². The Morgan fingerprint density at radius 2 is 1.43 bits per heavy atom. The second-order valence-electron chi connectivity index (χ2n) is 4.21. The third-order valence-corrected chi connectivity index (χ3v) is 4.84.